The molecule has 144 valence electrons. The van der Waals surface area contributed by atoms with Crippen molar-refractivity contribution < 1.29 is 9.59 Å². The Morgan fingerprint density at radius 2 is 1.79 bits per heavy atom. The molecule has 29 heavy (non-hydrogen) atoms. The predicted molar refractivity (Wildman–Crippen MR) is 108 cm³/mol. The summed E-state index contributed by atoms with van der Waals surface area (Å²) in [6.07, 6.45) is 4.70. The maximum absolute atomic E-state index is 13.5. The third-order valence-electron chi connectivity index (χ3n) is 5.47. The van der Waals surface area contributed by atoms with Gasteiger partial charge in [-0.2, -0.15) is 0 Å². The average molecular weight is 425 g/mol. The fraction of sp³-hybridized carbons (Fsp3) is 0.143. The number of aromatic nitrogens is 2. The summed E-state index contributed by atoms with van der Waals surface area (Å²) in [5.41, 5.74) is 1.31. The van der Waals surface area contributed by atoms with E-state index in [2.05, 4.69) is 9.97 Å². The molecule has 1 fully saturated rings. The molecule has 4 heterocycles. The zero-order valence-corrected chi connectivity index (χ0v) is 16.6. The average Bonchev–Trinajstić information content (AvgIpc) is 3.25. The minimum atomic E-state index is -1.08. The molecule has 0 radical (unpaired) electrons. The fourth-order valence-electron chi connectivity index (χ4n) is 4.27. The standard InChI is InChI=1S/C21H14Cl2N4O2/c22-15-4-2-14(3-5-15)21-17-12-24-8-7-16(17)20(29)27(21)10-9-26(21)19(28)13-1-6-18(23)25-11-13/h1-8,11-12H,9-10H2. The van der Waals surface area contributed by atoms with Crippen molar-refractivity contribution >= 4 is 35.0 Å². The van der Waals surface area contributed by atoms with Crippen molar-refractivity contribution in [2.45, 2.75) is 5.66 Å². The van der Waals surface area contributed by atoms with Gasteiger partial charge in [-0.15, -0.1) is 0 Å². The highest BCUT2D eigenvalue weighted by atomic mass is 35.5. The van der Waals surface area contributed by atoms with Crippen molar-refractivity contribution in [3.63, 3.8) is 0 Å². The fourth-order valence-corrected chi connectivity index (χ4v) is 4.51. The molecule has 2 aliphatic rings. The van der Waals surface area contributed by atoms with Crippen LogP contribution in [0, 0.1) is 0 Å². The number of fused-ring (bicyclic) bond motifs is 3. The number of halogens is 2. The molecule has 1 unspecified atom stereocenters. The minimum absolute atomic E-state index is 0.123. The minimum Gasteiger partial charge on any atom is -0.306 e. The zero-order valence-electron chi connectivity index (χ0n) is 15.0. The lowest BCUT2D eigenvalue weighted by molar-refractivity contribution is 0.0374. The van der Waals surface area contributed by atoms with Crippen LogP contribution in [0.5, 0.6) is 0 Å². The van der Waals surface area contributed by atoms with E-state index >= 15 is 0 Å². The van der Waals surface area contributed by atoms with Gasteiger partial charge in [0.25, 0.3) is 11.8 Å². The second-order valence-electron chi connectivity index (χ2n) is 6.88. The monoisotopic (exact) mass is 424 g/mol. The quantitative estimate of drug-likeness (QED) is 0.589. The normalized spacial score (nSPS) is 20.0. The molecule has 1 aromatic carbocycles. The van der Waals surface area contributed by atoms with Crippen molar-refractivity contribution in [1.82, 2.24) is 19.8 Å². The second-order valence-corrected chi connectivity index (χ2v) is 7.71. The van der Waals surface area contributed by atoms with Gasteiger partial charge in [-0.3, -0.25) is 14.6 Å². The van der Waals surface area contributed by atoms with Crippen LogP contribution in [0.15, 0.2) is 61.1 Å². The highest BCUT2D eigenvalue weighted by molar-refractivity contribution is 6.30. The first-order valence-electron chi connectivity index (χ1n) is 8.99. The predicted octanol–water partition coefficient (Wildman–Crippen LogP) is 3.60. The number of hydrogen-bond acceptors (Lipinski definition) is 4. The Hall–Kier alpha value is -2.96. The van der Waals surface area contributed by atoms with Crippen molar-refractivity contribution in [3.05, 3.63) is 93.5 Å². The largest absolute Gasteiger partial charge is 0.306 e. The number of benzene rings is 1. The molecule has 0 N–H and O–H groups in total. The van der Waals surface area contributed by atoms with E-state index in [1.807, 2.05) is 12.1 Å². The number of carbonyl (C=O) groups is 2. The number of rotatable bonds is 2. The third-order valence-corrected chi connectivity index (χ3v) is 5.94. The van der Waals surface area contributed by atoms with Crippen LogP contribution >= 0.6 is 23.2 Å². The molecule has 0 bridgehead atoms. The lowest BCUT2D eigenvalue weighted by atomic mass is 9.90. The van der Waals surface area contributed by atoms with E-state index in [9.17, 15) is 9.59 Å². The van der Waals surface area contributed by atoms with E-state index in [4.69, 9.17) is 23.2 Å². The van der Waals surface area contributed by atoms with Gasteiger partial charge in [0.15, 0.2) is 5.66 Å². The first-order valence-corrected chi connectivity index (χ1v) is 9.75. The van der Waals surface area contributed by atoms with E-state index in [1.165, 1.54) is 6.20 Å². The number of amides is 2. The van der Waals surface area contributed by atoms with Gasteiger partial charge in [-0.25, -0.2) is 4.98 Å². The summed E-state index contributed by atoms with van der Waals surface area (Å²) in [6, 6.07) is 12.1. The summed E-state index contributed by atoms with van der Waals surface area (Å²) in [7, 11) is 0. The number of pyridine rings is 2. The third kappa shape index (κ3) is 2.49. The van der Waals surface area contributed by atoms with E-state index in [1.54, 1.807) is 52.5 Å². The highest BCUT2D eigenvalue weighted by Gasteiger charge is 2.59. The molecule has 2 aliphatic heterocycles. The lowest BCUT2D eigenvalue weighted by Gasteiger charge is -2.40. The molecule has 2 aromatic heterocycles. The molecule has 0 aliphatic carbocycles. The molecule has 8 heteroatoms. The molecule has 1 atom stereocenters. The molecule has 6 nitrogen and oxygen atoms in total. The summed E-state index contributed by atoms with van der Waals surface area (Å²) in [5, 5.41) is 0.882. The van der Waals surface area contributed by atoms with Crippen LogP contribution < -0.4 is 0 Å². The van der Waals surface area contributed by atoms with Crippen LogP contribution in [0.25, 0.3) is 0 Å². The van der Waals surface area contributed by atoms with E-state index in [0.717, 1.165) is 5.56 Å². The van der Waals surface area contributed by atoms with Gasteiger partial charge < -0.3 is 9.80 Å². The van der Waals surface area contributed by atoms with Gasteiger partial charge >= 0.3 is 0 Å². The zero-order chi connectivity index (χ0) is 20.2. The summed E-state index contributed by atoms with van der Waals surface area (Å²) >= 11 is 12.0. The van der Waals surface area contributed by atoms with Gasteiger partial charge in [0.05, 0.1) is 11.1 Å². The Morgan fingerprint density at radius 3 is 2.52 bits per heavy atom. The Balaban J connectivity index is 1.74. The molecule has 2 amide bonds. The van der Waals surface area contributed by atoms with Gasteiger partial charge in [-0.05, 0) is 30.3 Å². The summed E-state index contributed by atoms with van der Waals surface area (Å²) < 4.78 is 0. The van der Waals surface area contributed by atoms with Gasteiger partial charge in [0, 0.05) is 47.8 Å². The van der Waals surface area contributed by atoms with Crippen LogP contribution in [-0.4, -0.2) is 44.7 Å². The van der Waals surface area contributed by atoms with Crippen LogP contribution in [0.1, 0.15) is 31.8 Å². The van der Waals surface area contributed by atoms with E-state index in [-0.39, 0.29) is 11.8 Å². The molecular weight excluding hydrogens is 411 g/mol. The van der Waals surface area contributed by atoms with Crippen molar-refractivity contribution in [2.24, 2.45) is 0 Å². The van der Waals surface area contributed by atoms with Gasteiger partial charge in [-0.1, -0.05) is 35.3 Å². The van der Waals surface area contributed by atoms with E-state index < -0.39 is 5.66 Å². The van der Waals surface area contributed by atoms with Crippen molar-refractivity contribution in [2.75, 3.05) is 13.1 Å². The maximum atomic E-state index is 13.5. The second kappa shape index (κ2) is 6.54. The molecular formula is C21H14Cl2N4O2. The Bertz CT molecular complexity index is 1130. The van der Waals surface area contributed by atoms with Crippen molar-refractivity contribution in [1.29, 1.82) is 0 Å². The Morgan fingerprint density at radius 1 is 1.00 bits per heavy atom. The van der Waals surface area contributed by atoms with E-state index in [0.29, 0.717) is 40.0 Å². The molecule has 5 rings (SSSR count). The van der Waals surface area contributed by atoms with Gasteiger partial charge in [0.2, 0.25) is 0 Å². The van der Waals surface area contributed by atoms with Crippen LogP contribution in [0.4, 0.5) is 0 Å². The van der Waals surface area contributed by atoms with Crippen molar-refractivity contribution in [3.8, 4) is 0 Å². The molecule has 0 saturated carbocycles. The van der Waals surface area contributed by atoms with Gasteiger partial charge in [0.1, 0.15) is 5.15 Å². The van der Waals surface area contributed by atoms with Crippen LogP contribution in [0.2, 0.25) is 10.2 Å². The topological polar surface area (TPSA) is 66.4 Å². The Labute approximate surface area is 176 Å². The summed E-state index contributed by atoms with van der Waals surface area (Å²) in [4.78, 5) is 38.4. The maximum Gasteiger partial charge on any atom is 0.257 e. The lowest BCUT2D eigenvalue weighted by Crippen LogP contribution is -2.51. The number of nitrogens with zero attached hydrogens (tertiary/aromatic N) is 4. The van der Waals surface area contributed by atoms with Crippen LogP contribution in [-0.2, 0) is 5.66 Å². The SMILES string of the molecule is O=C(c1ccc(Cl)nc1)N1CCN2C(=O)c3ccncc3C12c1ccc(Cl)cc1. The molecule has 1 saturated heterocycles. The Kier molecular flexibility index (Phi) is 4.08. The summed E-state index contributed by atoms with van der Waals surface area (Å²) in [5.74, 6) is -0.363. The smallest absolute Gasteiger partial charge is 0.257 e. The number of hydrogen-bond donors (Lipinski definition) is 0. The molecule has 0 spiro atoms. The first-order chi connectivity index (χ1) is 14.0. The first kappa shape index (κ1) is 18.1. The summed E-state index contributed by atoms with van der Waals surface area (Å²) in [6.45, 7) is 0.785. The number of carbonyl (C=O) groups excluding carboxylic acids is 2. The highest BCUT2D eigenvalue weighted by Crippen LogP contribution is 2.49. The molecule has 3 aromatic rings. The van der Waals surface area contributed by atoms with Crippen LogP contribution in [0.3, 0.4) is 0 Å².